The fourth-order valence-corrected chi connectivity index (χ4v) is 3.34. The first-order chi connectivity index (χ1) is 11.6. The Labute approximate surface area is 144 Å². The molecule has 1 aliphatic rings. The molecular weight excluding hydrogens is 326 g/mol. The SMILES string of the molecule is Cc1ncsc1C(=O)NC1CCN(C(=O)Nc2ccncc2)CC1. The summed E-state index contributed by atoms with van der Waals surface area (Å²) < 4.78 is 0. The number of rotatable bonds is 3. The van der Waals surface area contributed by atoms with Crippen LogP contribution in [0.4, 0.5) is 10.5 Å². The number of amides is 3. The van der Waals surface area contributed by atoms with E-state index in [0.717, 1.165) is 24.2 Å². The van der Waals surface area contributed by atoms with Crippen molar-refractivity contribution in [2.24, 2.45) is 0 Å². The average molecular weight is 345 g/mol. The molecule has 3 rings (SSSR count). The van der Waals surface area contributed by atoms with Crippen molar-refractivity contribution in [1.82, 2.24) is 20.2 Å². The molecule has 24 heavy (non-hydrogen) atoms. The minimum atomic E-state index is -0.121. The topological polar surface area (TPSA) is 87.2 Å². The Morgan fingerprint density at radius 2 is 1.96 bits per heavy atom. The van der Waals surface area contributed by atoms with Gasteiger partial charge in [0.05, 0.1) is 11.2 Å². The number of nitrogens with one attached hydrogen (secondary N) is 2. The predicted octanol–water partition coefficient (Wildman–Crippen LogP) is 2.27. The molecule has 1 saturated heterocycles. The minimum absolute atomic E-state index is 0.0744. The van der Waals surface area contributed by atoms with Gasteiger partial charge in [-0.2, -0.15) is 0 Å². The van der Waals surface area contributed by atoms with Crippen LogP contribution in [0.2, 0.25) is 0 Å². The van der Waals surface area contributed by atoms with E-state index in [1.807, 2.05) is 6.92 Å². The van der Waals surface area contributed by atoms with Gasteiger partial charge < -0.3 is 15.5 Å². The van der Waals surface area contributed by atoms with Gasteiger partial charge in [-0.25, -0.2) is 9.78 Å². The second-order valence-corrected chi connectivity index (χ2v) is 6.52. The minimum Gasteiger partial charge on any atom is -0.348 e. The summed E-state index contributed by atoms with van der Waals surface area (Å²) in [4.78, 5) is 34.9. The average Bonchev–Trinajstić information content (AvgIpc) is 3.02. The molecule has 2 aromatic rings. The van der Waals surface area contributed by atoms with Gasteiger partial charge in [-0.3, -0.25) is 9.78 Å². The lowest BCUT2D eigenvalue weighted by Gasteiger charge is -2.32. The molecule has 0 unspecified atom stereocenters. The second kappa shape index (κ2) is 7.39. The van der Waals surface area contributed by atoms with E-state index in [4.69, 9.17) is 0 Å². The lowest BCUT2D eigenvalue weighted by Crippen LogP contribution is -2.47. The molecule has 2 aromatic heterocycles. The van der Waals surface area contributed by atoms with Crippen LogP contribution in [-0.2, 0) is 0 Å². The molecule has 3 heterocycles. The number of aryl methyl sites for hydroxylation is 1. The van der Waals surface area contributed by atoms with Crippen LogP contribution in [0.5, 0.6) is 0 Å². The summed E-state index contributed by atoms with van der Waals surface area (Å²) in [6.07, 6.45) is 4.76. The number of urea groups is 1. The monoisotopic (exact) mass is 345 g/mol. The number of thiazole rings is 1. The van der Waals surface area contributed by atoms with E-state index in [9.17, 15) is 9.59 Å². The Hall–Kier alpha value is -2.48. The third kappa shape index (κ3) is 3.88. The Kier molecular flexibility index (Phi) is 5.05. The van der Waals surface area contributed by atoms with Crippen molar-refractivity contribution in [2.45, 2.75) is 25.8 Å². The number of likely N-dealkylation sites (tertiary alicyclic amines) is 1. The number of carbonyl (C=O) groups excluding carboxylic acids is 2. The summed E-state index contributed by atoms with van der Waals surface area (Å²) in [6, 6.07) is 3.47. The first-order valence-corrected chi connectivity index (χ1v) is 8.68. The highest BCUT2D eigenvalue weighted by molar-refractivity contribution is 7.11. The number of pyridine rings is 1. The van der Waals surface area contributed by atoms with Crippen LogP contribution < -0.4 is 10.6 Å². The summed E-state index contributed by atoms with van der Waals surface area (Å²) in [7, 11) is 0. The summed E-state index contributed by atoms with van der Waals surface area (Å²) in [5.74, 6) is -0.0744. The van der Waals surface area contributed by atoms with Gasteiger partial charge in [0.1, 0.15) is 4.88 Å². The van der Waals surface area contributed by atoms with Crippen molar-refractivity contribution in [3.63, 3.8) is 0 Å². The van der Waals surface area contributed by atoms with E-state index in [2.05, 4.69) is 20.6 Å². The highest BCUT2D eigenvalue weighted by atomic mass is 32.1. The number of aromatic nitrogens is 2. The fourth-order valence-electron chi connectivity index (χ4n) is 2.64. The fraction of sp³-hybridized carbons (Fsp3) is 0.375. The van der Waals surface area contributed by atoms with Gasteiger partial charge >= 0.3 is 6.03 Å². The molecule has 1 aliphatic heterocycles. The molecule has 7 nitrogen and oxygen atoms in total. The largest absolute Gasteiger partial charge is 0.348 e. The Bertz CT molecular complexity index is 710. The zero-order chi connectivity index (χ0) is 16.9. The molecule has 126 valence electrons. The normalized spacial score (nSPS) is 15.1. The highest BCUT2D eigenvalue weighted by Crippen LogP contribution is 2.16. The molecule has 3 amide bonds. The zero-order valence-corrected chi connectivity index (χ0v) is 14.2. The van der Waals surface area contributed by atoms with Gasteiger partial charge in [-0.15, -0.1) is 11.3 Å². The van der Waals surface area contributed by atoms with Crippen molar-refractivity contribution >= 4 is 29.0 Å². The molecule has 1 fully saturated rings. The van der Waals surface area contributed by atoms with Gasteiger partial charge in [0.15, 0.2) is 0 Å². The van der Waals surface area contributed by atoms with Gasteiger partial charge in [-0.05, 0) is 31.9 Å². The Morgan fingerprint density at radius 3 is 2.58 bits per heavy atom. The quantitative estimate of drug-likeness (QED) is 0.893. The molecule has 0 spiro atoms. The standard InChI is InChI=1S/C16H19N5O2S/c1-11-14(24-10-18-11)15(22)19-13-4-8-21(9-5-13)16(23)20-12-2-6-17-7-3-12/h2-3,6-7,10,13H,4-5,8-9H2,1H3,(H,19,22)(H,17,20,23). The number of nitrogens with zero attached hydrogens (tertiary/aromatic N) is 3. The molecule has 0 saturated carbocycles. The first kappa shape index (κ1) is 16.4. The van der Waals surface area contributed by atoms with E-state index >= 15 is 0 Å². The number of hydrogen-bond donors (Lipinski definition) is 2. The van der Waals surface area contributed by atoms with E-state index in [0.29, 0.717) is 18.0 Å². The van der Waals surface area contributed by atoms with Crippen molar-refractivity contribution < 1.29 is 9.59 Å². The third-order valence-corrected chi connectivity index (χ3v) is 4.93. The van der Waals surface area contributed by atoms with Gasteiger partial charge in [-0.1, -0.05) is 0 Å². The van der Waals surface area contributed by atoms with Gasteiger partial charge in [0, 0.05) is 37.2 Å². The van der Waals surface area contributed by atoms with E-state index in [1.54, 1.807) is 34.9 Å². The van der Waals surface area contributed by atoms with Crippen LogP contribution in [-0.4, -0.2) is 45.9 Å². The molecular formula is C16H19N5O2S. The van der Waals surface area contributed by atoms with Gasteiger partial charge in [0.2, 0.25) is 0 Å². The second-order valence-electron chi connectivity index (χ2n) is 5.67. The Morgan fingerprint density at radius 1 is 1.25 bits per heavy atom. The molecule has 0 aliphatic carbocycles. The lowest BCUT2D eigenvalue weighted by atomic mass is 10.1. The van der Waals surface area contributed by atoms with Gasteiger partial charge in [0.25, 0.3) is 5.91 Å². The summed E-state index contributed by atoms with van der Waals surface area (Å²) in [5, 5.41) is 5.89. The maximum atomic E-state index is 12.2. The molecule has 0 atom stereocenters. The van der Waals surface area contributed by atoms with Crippen LogP contribution in [0.15, 0.2) is 30.0 Å². The van der Waals surface area contributed by atoms with Crippen LogP contribution >= 0.6 is 11.3 Å². The lowest BCUT2D eigenvalue weighted by molar-refractivity contribution is 0.0922. The Balaban J connectivity index is 1.48. The van der Waals surface area contributed by atoms with Crippen molar-refractivity contribution in [3.05, 3.63) is 40.6 Å². The van der Waals surface area contributed by atoms with Crippen LogP contribution in [0, 0.1) is 6.92 Å². The van der Waals surface area contributed by atoms with E-state index in [1.165, 1.54) is 11.3 Å². The van der Waals surface area contributed by atoms with Crippen molar-refractivity contribution in [2.75, 3.05) is 18.4 Å². The number of piperidine rings is 1. The number of anilines is 1. The number of carbonyl (C=O) groups is 2. The molecule has 8 heteroatoms. The molecule has 0 bridgehead atoms. The predicted molar refractivity (Wildman–Crippen MR) is 92.2 cm³/mol. The highest BCUT2D eigenvalue weighted by Gasteiger charge is 2.25. The van der Waals surface area contributed by atoms with Crippen LogP contribution in [0.1, 0.15) is 28.2 Å². The zero-order valence-electron chi connectivity index (χ0n) is 13.4. The smallest absolute Gasteiger partial charge is 0.321 e. The van der Waals surface area contributed by atoms with Crippen LogP contribution in [0.3, 0.4) is 0 Å². The molecule has 2 N–H and O–H groups in total. The maximum absolute atomic E-state index is 12.2. The van der Waals surface area contributed by atoms with E-state index in [-0.39, 0.29) is 18.0 Å². The summed E-state index contributed by atoms with van der Waals surface area (Å²) in [5.41, 5.74) is 3.16. The molecule has 0 aromatic carbocycles. The summed E-state index contributed by atoms with van der Waals surface area (Å²) >= 11 is 1.35. The summed E-state index contributed by atoms with van der Waals surface area (Å²) in [6.45, 7) is 3.06. The number of hydrogen-bond acceptors (Lipinski definition) is 5. The molecule has 0 radical (unpaired) electrons. The first-order valence-electron chi connectivity index (χ1n) is 7.80. The van der Waals surface area contributed by atoms with Crippen LogP contribution in [0.25, 0.3) is 0 Å². The maximum Gasteiger partial charge on any atom is 0.321 e. The van der Waals surface area contributed by atoms with Crippen molar-refractivity contribution in [1.29, 1.82) is 0 Å². The third-order valence-electron chi connectivity index (χ3n) is 4.00. The van der Waals surface area contributed by atoms with E-state index < -0.39 is 0 Å². The van der Waals surface area contributed by atoms with Crippen molar-refractivity contribution in [3.8, 4) is 0 Å².